The Hall–Kier alpha value is -4.36. The summed E-state index contributed by atoms with van der Waals surface area (Å²) in [5.74, 6) is 0. The van der Waals surface area contributed by atoms with Gasteiger partial charge in [0.2, 0.25) is 0 Å². The van der Waals surface area contributed by atoms with Crippen molar-refractivity contribution < 1.29 is 0 Å². The molecule has 0 spiro atoms. The van der Waals surface area contributed by atoms with Crippen molar-refractivity contribution in [2.75, 3.05) is 4.90 Å². The molecular formula is C32H21N. The van der Waals surface area contributed by atoms with Gasteiger partial charge in [0.05, 0.1) is 11.4 Å². The Morgan fingerprint density at radius 2 is 0.848 bits per heavy atom. The maximum absolute atomic E-state index is 2.42. The first kappa shape index (κ1) is 18.2. The van der Waals surface area contributed by atoms with E-state index in [1.807, 2.05) is 0 Å². The SMILES string of the molecule is c1ccc2c(c1)-c1ccccc1N(c1ccc3ccc4ccccc4c3c1)c1ccccc1-2. The van der Waals surface area contributed by atoms with Crippen LogP contribution in [0.1, 0.15) is 0 Å². The van der Waals surface area contributed by atoms with Crippen molar-refractivity contribution in [3.05, 3.63) is 127 Å². The standard InChI is InChI=1S/C32H21N/c1-2-10-25-22(9-1)17-18-23-19-20-24(21-30(23)25)33-31-15-7-5-13-28(31)26-11-3-4-12-27(26)29-14-6-8-16-32(29)33/h1-21H. The van der Waals surface area contributed by atoms with E-state index < -0.39 is 0 Å². The van der Waals surface area contributed by atoms with Crippen molar-refractivity contribution >= 4 is 38.6 Å². The molecule has 6 aromatic rings. The van der Waals surface area contributed by atoms with Crippen molar-refractivity contribution in [3.63, 3.8) is 0 Å². The topological polar surface area (TPSA) is 3.24 Å². The van der Waals surface area contributed by atoms with Crippen LogP contribution in [0.4, 0.5) is 17.1 Å². The van der Waals surface area contributed by atoms with Gasteiger partial charge in [-0.1, -0.05) is 103 Å². The second-order valence-corrected chi connectivity index (χ2v) is 8.61. The highest BCUT2D eigenvalue weighted by Gasteiger charge is 2.25. The monoisotopic (exact) mass is 419 g/mol. The van der Waals surface area contributed by atoms with Crippen LogP contribution in [0.15, 0.2) is 127 Å². The molecule has 0 unspecified atom stereocenters. The molecule has 1 nitrogen and oxygen atoms in total. The Kier molecular flexibility index (Phi) is 3.91. The predicted molar refractivity (Wildman–Crippen MR) is 141 cm³/mol. The maximum Gasteiger partial charge on any atom is 0.0540 e. The minimum atomic E-state index is 1.17. The first-order chi connectivity index (χ1) is 16.4. The van der Waals surface area contributed by atoms with Gasteiger partial charge >= 0.3 is 0 Å². The molecule has 154 valence electrons. The normalized spacial score (nSPS) is 12.2. The molecule has 0 fully saturated rings. The van der Waals surface area contributed by atoms with Crippen molar-refractivity contribution in [3.8, 4) is 22.3 Å². The highest BCUT2D eigenvalue weighted by molar-refractivity contribution is 6.10. The van der Waals surface area contributed by atoms with Gasteiger partial charge in [0.25, 0.3) is 0 Å². The lowest BCUT2D eigenvalue weighted by Gasteiger charge is -2.27. The van der Waals surface area contributed by atoms with E-state index >= 15 is 0 Å². The molecule has 7 rings (SSSR count). The van der Waals surface area contributed by atoms with Gasteiger partial charge in [-0.3, -0.25) is 0 Å². The minimum Gasteiger partial charge on any atom is -0.309 e. The van der Waals surface area contributed by atoms with Gasteiger partial charge in [-0.25, -0.2) is 0 Å². The van der Waals surface area contributed by atoms with Crippen LogP contribution in [0.2, 0.25) is 0 Å². The van der Waals surface area contributed by atoms with E-state index in [4.69, 9.17) is 0 Å². The van der Waals surface area contributed by atoms with Gasteiger partial charge < -0.3 is 4.90 Å². The molecule has 0 atom stereocenters. The Labute approximate surface area is 193 Å². The van der Waals surface area contributed by atoms with Crippen molar-refractivity contribution in [1.29, 1.82) is 0 Å². The number of para-hydroxylation sites is 2. The van der Waals surface area contributed by atoms with Crippen LogP contribution in [0.3, 0.4) is 0 Å². The third-order valence-electron chi connectivity index (χ3n) is 6.79. The fourth-order valence-electron chi connectivity index (χ4n) is 5.28. The van der Waals surface area contributed by atoms with E-state index in [1.54, 1.807) is 0 Å². The van der Waals surface area contributed by atoms with Gasteiger partial charge in [-0.2, -0.15) is 0 Å². The summed E-state index contributed by atoms with van der Waals surface area (Å²) in [6.07, 6.45) is 0. The van der Waals surface area contributed by atoms with Crippen molar-refractivity contribution in [2.45, 2.75) is 0 Å². The van der Waals surface area contributed by atoms with Crippen LogP contribution in [-0.4, -0.2) is 0 Å². The third kappa shape index (κ3) is 2.73. The quantitative estimate of drug-likeness (QED) is 0.240. The fourth-order valence-corrected chi connectivity index (χ4v) is 5.28. The van der Waals surface area contributed by atoms with Gasteiger partial charge in [-0.15, -0.1) is 0 Å². The van der Waals surface area contributed by atoms with Crippen LogP contribution >= 0.6 is 0 Å². The van der Waals surface area contributed by atoms with Crippen LogP contribution in [0.5, 0.6) is 0 Å². The molecule has 6 aromatic carbocycles. The fraction of sp³-hybridized carbons (Fsp3) is 0. The molecule has 33 heavy (non-hydrogen) atoms. The van der Waals surface area contributed by atoms with E-state index in [0.29, 0.717) is 0 Å². The van der Waals surface area contributed by atoms with Crippen molar-refractivity contribution in [2.24, 2.45) is 0 Å². The van der Waals surface area contributed by atoms with Crippen LogP contribution in [0.25, 0.3) is 43.8 Å². The minimum absolute atomic E-state index is 1.17. The summed E-state index contributed by atoms with van der Waals surface area (Å²) in [7, 11) is 0. The Balaban J connectivity index is 1.58. The molecule has 0 N–H and O–H groups in total. The lowest BCUT2D eigenvalue weighted by Crippen LogP contribution is -2.10. The first-order valence-corrected chi connectivity index (χ1v) is 11.4. The average Bonchev–Trinajstić information content (AvgIpc) is 3.01. The van der Waals surface area contributed by atoms with Gasteiger partial charge in [0, 0.05) is 16.8 Å². The van der Waals surface area contributed by atoms with Gasteiger partial charge in [0.1, 0.15) is 0 Å². The molecule has 0 saturated carbocycles. The second kappa shape index (κ2) is 7.08. The Morgan fingerprint density at radius 1 is 0.364 bits per heavy atom. The lowest BCUT2D eigenvalue weighted by atomic mass is 9.95. The third-order valence-corrected chi connectivity index (χ3v) is 6.79. The van der Waals surface area contributed by atoms with E-state index in [1.165, 1.54) is 60.9 Å². The lowest BCUT2D eigenvalue weighted by molar-refractivity contribution is 1.30. The smallest absolute Gasteiger partial charge is 0.0540 e. The summed E-state index contributed by atoms with van der Waals surface area (Å²) in [5, 5.41) is 5.10. The average molecular weight is 420 g/mol. The molecule has 1 heteroatoms. The number of fused-ring (bicyclic) bond motifs is 8. The Morgan fingerprint density at radius 3 is 1.52 bits per heavy atom. The van der Waals surface area contributed by atoms with E-state index in [2.05, 4.69) is 132 Å². The molecule has 0 amide bonds. The van der Waals surface area contributed by atoms with E-state index in [0.717, 1.165) is 0 Å². The molecule has 0 saturated heterocycles. The number of anilines is 3. The summed E-state index contributed by atoms with van der Waals surface area (Å²) in [6.45, 7) is 0. The highest BCUT2D eigenvalue weighted by Crippen LogP contribution is 2.50. The second-order valence-electron chi connectivity index (χ2n) is 8.61. The zero-order valence-corrected chi connectivity index (χ0v) is 18.1. The Bertz CT molecular complexity index is 1610. The molecule has 0 bridgehead atoms. The maximum atomic E-state index is 2.42. The molecule has 1 aliphatic heterocycles. The van der Waals surface area contributed by atoms with Crippen LogP contribution in [0, 0.1) is 0 Å². The zero-order valence-electron chi connectivity index (χ0n) is 18.1. The predicted octanol–water partition coefficient (Wildman–Crippen LogP) is 9.11. The summed E-state index contributed by atoms with van der Waals surface area (Å²) >= 11 is 0. The number of benzene rings is 6. The molecule has 0 aromatic heterocycles. The van der Waals surface area contributed by atoms with Gasteiger partial charge in [-0.05, 0) is 56.9 Å². The molecule has 0 aliphatic carbocycles. The summed E-state index contributed by atoms with van der Waals surface area (Å²) in [4.78, 5) is 2.42. The number of hydrogen-bond acceptors (Lipinski definition) is 1. The molecule has 0 radical (unpaired) electrons. The molecule has 1 heterocycles. The van der Waals surface area contributed by atoms with Crippen LogP contribution in [-0.2, 0) is 0 Å². The summed E-state index contributed by atoms with van der Waals surface area (Å²) < 4.78 is 0. The largest absolute Gasteiger partial charge is 0.309 e. The zero-order chi connectivity index (χ0) is 21.8. The van der Waals surface area contributed by atoms with Gasteiger partial charge in [0.15, 0.2) is 0 Å². The number of rotatable bonds is 1. The van der Waals surface area contributed by atoms with E-state index in [9.17, 15) is 0 Å². The van der Waals surface area contributed by atoms with Crippen LogP contribution < -0.4 is 4.90 Å². The highest BCUT2D eigenvalue weighted by atomic mass is 15.1. The number of nitrogens with zero attached hydrogens (tertiary/aromatic N) is 1. The summed E-state index contributed by atoms with van der Waals surface area (Å²) in [6, 6.07) is 46.2. The molecule has 1 aliphatic rings. The number of hydrogen-bond donors (Lipinski definition) is 0. The first-order valence-electron chi connectivity index (χ1n) is 11.4. The summed E-state index contributed by atoms with van der Waals surface area (Å²) in [5.41, 5.74) is 8.63. The van der Waals surface area contributed by atoms with Crippen molar-refractivity contribution in [1.82, 2.24) is 0 Å². The molecular weight excluding hydrogens is 398 g/mol. The van der Waals surface area contributed by atoms with E-state index in [-0.39, 0.29) is 0 Å².